The van der Waals surface area contributed by atoms with Crippen LogP contribution < -0.4 is 10.2 Å². The van der Waals surface area contributed by atoms with Gasteiger partial charge in [-0.15, -0.1) is 0 Å². The third kappa shape index (κ3) is 3.75. The van der Waals surface area contributed by atoms with Gasteiger partial charge in [0.25, 0.3) is 0 Å². The lowest BCUT2D eigenvalue weighted by molar-refractivity contribution is -0.122. The van der Waals surface area contributed by atoms with E-state index in [2.05, 4.69) is 10.5 Å². The number of anilines is 2. The third-order valence-corrected chi connectivity index (χ3v) is 5.64. The Labute approximate surface area is 175 Å². The molecule has 1 unspecified atom stereocenters. The molecule has 0 bridgehead atoms. The number of hydrogen-bond donors (Lipinski definition) is 1. The van der Waals surface area contributed by atoms with Crippen LogP contribution in [0.15, 0.2) is 16.7 Å². The van der Waals surface area contributed by atoms with Crippen molar-refractivity contribution in [3.05, 3.63) is 40.8 Å². The van der Waals surface area contributed by atoms with E-state index in [1.54, 1.807) is 6.92 Å². The van der Waals surface area contributed by atoms with Gasteiger partial charge in [0, 0.05) is 49.2 Å². The predicted octanol–water partition coefficient (Wildman–Crippen LogP) is 3.01. The molecule has 0 spiro atoms. The van der Waals surface area contributed by atoms with Crippen molar-refractivity contribution in [1.29, 1.82) is 0 Å². The molecule has 31 heavy (non-hydrogen) atoms. The normalized spacial score (nSPS) is 20.7. The Bertz CT molecular complexity index is 1030. The number of carbonyl (C=O) groups is 3. The highest BCUT2D eigenvalue weighted by molar-refractivity contribution is 5.97. The van der Waals surface area contributed by atoms with Crippen LogP contribution in [0.2, 0.25) is 0 Å². The smallest absolute Gasteiger partial charge is 0.322 e. The second-order valence-corrected chi connectivity index (χ2v) is 7.66. The Hall–Kier alpha value is -3.37. The topological polar surface area (TPSA) is 95.8 Å². The van der Waals surface area contributed by atoms with Crippen LogP contribution >= 0.6 is 0 Å². The molecule has 2 aromatic rings. The molecule has 0 saturated carbocycles. The monoisotopic (exact) mass is 436 g/mol. The van der Waals surface area contributed by atoms with E-state index < -0.39 is 29.4 Å². The highest BCUT2D eigenvalue weighted by Gasteiger charge is 2.39. The molecular weight excluding hydrogens is 417 g/mol. The molecule has 3 heterocycles. The molecule has 3 amide bonds. The van der Waals surface area contributed by atoms with E-state index in [1.807, 2.05) is 0 Å². The van der Waals surface area contributed by atoms with Crippen LogP contribution in [0.1, 0.15) is 31.0 Å². The Morgan fingerprint density at radius 2 is 2.03 bits per heavy atom. The van der Waals surface area contributed by atoms with Gasteiger partial charge in [-0.3, -0.25) is 9.69 Å². The summed E-state index contributed by atoms with van der Waals surface area (Å²) in [5.41, 5.74) is 0.943. The quantitative estimate of drug-likeness (QED) is 0.587. The zero-order valence-electron chi connectivity index (χ0n) is 16.5. The largest absolute Gasteiger partial charge is 0.338 e. The van der Waals surface area contributed by atoms with Gasteiger partial charge in [0.2, 0.25) is 11.8 Å². The van der Waals surface area contributed by atoms with E-state index in [4.69, 9.17) is 4.52 Å². The highest BCUT2D eigenvalue weighted by Crippen LogP contribution is 2.35. The summed E-state index contributed by atoms with van der Waals surface area (Å²) in [5.74, 6) is -4.87. The minimum Gasteiger partial charge on any atom is -0.338 e. The summed E-state index contributed by atoms with van der Waals surface area (Å²) >= 11 is 0. The fourth-order valence-corrected chi connectivity index (χ4v) is 3.95. The van der Waals surface area contributed by atoms with Crippen LogP contribution in [0.5, 0.6) is 0 Å². The molecule has 1 saturated heterocycles. The number of fused-ring (bicyclic) bond motifs is 1. The van der Waals surface area contributed by atoms with E-state index in [9.17, 15) is 27.6 Å². The van der Waals surface area contributed by atoms with Gasteiger partial charge in [-0.1, -0.05) is 5.16 Å². The van der Waals surface area contributed by atoms with E-state index >= 15 is 0 Å². The predicted molar refractivity (Wildman–Crippen MR) is 102 cm³/mol. The highest BCUT2D eigenvalue weighted by atomic mass is 19.2. The molecular formula is C20H19F3N4O4. The van der Waals surface area contributed by atoms with Crippen molar-refractivity contribution >= 4 is 29.8 Å². The molecule has 2 aliphatic rings. The molecule has 164 valence electrons. The van der Waals surface area contributed by atoms with Crippen LogP contribution in [0.25, 0.3) is 0 Å². The summed E-state index contributed by atoms with van der Waals surface area (Å²) in [6.07, 6.45) is 1.69. The van der Waals surface area contributed by atoms with Crippen molar-refractivity contribution in [2.24, 2.45) is 5.92 Å². The number of carbonyl (C=O) groups excluding carboxylic acids is 3. The molecule has 2 aliphatic heterocycles. The van der Waals surface area contributed by atoms with Crippen molar-refractivity contribution in [2.75, 3.05) is 16.8 Å². The summed E-state index contributed by atoms with van der Waals surface area (Å²) in [5, 5.41) is 6.40. The Kier molecular flexibility index (Phi) is 5.42. The Morgan fingerprint density at radius 1 is 1.32 bits per heavy atom. The second kappa shape index (κ2) is 8.05. The summed E-state index contributed by atoms with van der Waals surface area (Å²) in [6, 6.07) is 0.411. The van der Waals surface area contributed by atoms with E-state index in [0.29, 0.717) is 49.1 Å². The van der Waals surface area contributed by atoms with Crippen molar-refractivity contribution in [3.63, 3.8) is 0 Å². The first-order valence-electron chi connectivity index (χ1n) is 9.74. The summed E-state index contributed by atoms with van der Waals surface area (Å²) < 4.78 is 45.5. The molecule has 2 atom stereocenters. The van der Waals surface area contributed by atoms with Crippen LogP contribution in [0.4, 0.5) is 29.5 Å². The molecule has 4 rings (SSSR count). The summed E-state index contributed by atoms with van der Waals surface area (Å²) in [7, 11) is 0. The zero-order valence-corrected chi connectivity index (χ0v) is 16.5. The third-order valence-electron chi connectivity index (χ3n) is 5.64. The maximum atomic E-state index is 13.5. The van der Waals surface area contributed by atoms with Gasteiger partial charge in [0.05, 0.1) is 17.8 Å². The first-order valence-corrected chi connectivity index (χ1v) is 9.74. The number of urea groups is 1. The maximum Gasteiger partial charge on any atom is 0.322 e. The van der Waals surface area contributed by atoms with Gasteiger partial charge in [-0.2, -0.15) is 0 Å². The molecule has 0 radical (unpaired) electrons. The van der Waals surface area contributed by atoms with Gasteiger partial charge in [0.1, 0.15) is 6.29 Å². The van der Waals surface area contributed by atoms with Gasteiger partial charge in [-0.25, -0.2) is 18.0 Å². The number of nitrogens with one attached hydrogen (secondary N) is 1. The van der Waals surface area contributed by atoms with Crippen molar-refractivity contribution in [1.82, 2.24) is 10.1 Å². The second-order valence-electron chi connectivity index (χ2n) is 7.66. The number of benzene rings is 1. The molecule has 8 nitrogen and oxygen atoms in total. The van der Waals surface area contributed by atoms with Gasteiger partial charge >= 0.3 is 6.03 Å². The van der Waals surface area contributed by atoms with E-state index in [-0.39, 0.29) is 36.5 Å². The lowest BCUT2D eigenvalue weighted by Gasteiger charge is -2.33. The number of hydrogen-bond acceptors (Lipinski definition) is 5. The maximum absolute atomic E-state index is 13.5. The molecule has 1 fully saturated rings. The number of nitrogens with zero attached hydrogens (tertiary/aromatic N) is 3. The Morgan fingerprint density at radius 3 is 2.71 bits per heavy atom. The minimum atomic E-state index is -1.62. The number of amides is 3. The SMILES string of the molecule is C[C@H]1Cc2noc(N3CCC(CC=O)C3=O)c2CN1C(=O)Nc1cc(F)c(F)c(F)c1. The van der Waals surface area contributed by atoms with Crippen molar-refractivity contribution in [3.8, 4) is 0 Å². The molecule has 1 aromatic carbocycles. The first-order chi connectivity index (χ1) is 14.8. The Balaban J connectivity index is 1.54. The van der Waals surface area contributed by atoms with E-state index in [0.717, 1.165) is 0 Å². The summed E-state index contributed by atoms with van der Waals surface area (Å²) in [6.45, 7) is 2.19. The van der Waals surface area contributed by atoms with Crippen molar-refractivity contribution < 1.29 is 32.1 Å². The lowest BCUT2D eigenvalue weighted by Crippen LogP contribution is -2.45. The van der Waals surface area contributed by atoms with Crippen LogP contribution in [-0.4, -0.2) is 40.9 Å². The number of halogens is 3. The van der Waals surface area contributed by atoms with E-state index in [1.165, 1.54) is 9.80 Å². The molecule has 11 heteroatoms. The zero-order chi connectivity index (χ0) is 22.3. The standard InChI is InChI=1S/C20H19F3N4O4/c1-10-6-16-13(19(31-25-16)26-4-2-11(3-5-28)18(26)29)9-27(10)20(30)24-12-7-14(21)17(23)15(22)8-12/h5,7-8,10-11H,2-4,6,9H2,1H3,(H,24,30)/t10-,11?/m0/s1. The number of rotatable bonds is 4. The van der Waals surface area contributed by atoms with Gasteiger partial charge < -0.3 is 19.5 Å². The first kappa shape index (κ1) is 20.9. The lowest BCUT2D eigenvalue weighted by atomic mass is 10.0. The van der Waals surface area contributed by atoms with Crippen molar-refractivity contribution in [2.45, 2.75) is 38.8 Å². The van der Waals surface area contributed by atoms with Crippen LogP contribution in [-0.2, 0) is 22.6 Å². The molecule has 1 aromatic heterocycles. The number of aldehydes is 1. The average Bonchev–Trinajstić information content (AvgIpc) is 3.28. The van der Waals surface area contributed by atoms with Crippen LogP contribution in [0.3, 0.4) is 0 Å². The fourth-order valence-electron chi connectivity index (χ4n) is 3.95. The van der Waals surface area contributed by atoms with Gasteiger partial charge in [-0.05, 0) is 13.3 Å². The van der Waals surface area contributed by atoms with Crippen LogP contribution in [0, 0.1) is 23.4 Å². The van der Waals surface area contributed by atoms with Gasteiger partial charge in [0.15, 0.2) is 17.5 Å². The number of aromatic nitrogens is 1. The minimum absolute atomic E-state index is 0.0510. The summed E-state index contributed by atoms with van der Waals surface area (Å²) in [4.78, 5) is 38.9. The average molecular weight is 436 g/mol. The molecule has 1 N–H and O–H groups in total. The molecule has 0 aliphatic carbocycles. The fraction of sp³-hybridized carbons (Fsp3) is 0.400.